The number of nitrogens with zero attached hydrogens (tertiary/aromatic N) is 3. The van der Waals surface area contributed by atoms with Crippen LogP contribution in [0.3, 0.4) is 0 Å². The number of aliphatic carboxylic acids is 1. The Kier molecular flexibility index (Phi) is 5.01. The van der Waals surface area contributed by atoms with Crippen LogP contribution in [0.2, 0.25) is 0 Å². The normalized spacial score (nSPS) is 19.6. The van der Waals surface area contributed by atoms with Crippen LogP contribution < -0.4 is 4.74 Å². The summed E-state index contributed by atoms with van der Waals surface area (Å²) in [6.07, 6.45) is -5.65. The minimum atomic E-state index is -4.96. The fraction of sp³-hybridized carbons (Fsp3) is 0.412. The number of ether oxygens (including phenoxy) is 1. The van der Waals surface area contributed by atoms with Gasteiger partial charge in [0.1, 0.15) is 5.75 Å². The molecular weight excluding hydrogens is 383 g/mol. The smallest absolute Gasteiger partial charge is 0.406 e. The number of carbonyl (C=O) groups is 2. The van der Waals surface area contributed by atoms with Gasteiger partial charge in [0.2, 0.25) is 11.7 Å². The topological polar surface area (TPSA) is 106 Å². The lowest BCUT2D eigenvalue weighted by Gasteiger charge is -2.27. The number of rotatable bonds is 5. The molecule has 1 aliphatic heterocycles. The Morgan fingerprint density at radius 3 is 2.71 bits per heavy atom. The van der Waals surface area contributed by atoms with Crippen LogP contribution in [-0.2, 0) is 11.4 Å². The van der Waals surface area contributed by atoms with Crippen LogP contribution in [0.1, 0.15) is 28.5 Å². The molecule has 0 bridgehead atoms. The average molecular weight is 399 g/mol. The molecule has 0 radical (unpaired) electrons. The van der Waals surface area contributed by atoms with Gasteiger partial charge < -0.3 is 19.3 Å². The Hall–Kier alpha value is -3.11. The largest absolute Gasteiger partial charge is 0.485 e. The summed E-state index contributed by atoms with van der Waals surface area (Å²) in [4.78, 5) is 28.7. The van der Waals surface area contributed by atoms with Crippen molar-refractivity contribution in [2.75, 3.05) is 13.1 Å². The first-order valence-corrected chi connectivity index (χ1v) is 8.24. The molecule has 150 valence electrons. The van der Waals surface area contributed by atoms with Gasteiger partial charge in [0.05, 0.1) is 0 Å². The van der Waals surface area contributed by atoms with Crippen molar-refractivity contribution in [2.45, 2.75) is 26.1 Å². The van der Waals surface area contributed by atoms with Gasteiger partial charge in [-0.3, -0.25) is 9.59 Å². The summed E-state index contributed by atoms with van der Waals surface area (Å²) in [6.45, 7) is 0.356. The second kappa shape index (κ2) is 7.13. The summed E-state index contributed by atoms with van der Waals surface area (Å²) >= 11 is 0. The van der Waals surface area contributed by atoms with Crippen molar-refractivity contribution >= 4 is 11.9 Å². The van der Waals surface area contributed by atoms with Crippen LogP contribution >= 0.6 is 0 Å². The maximum absolute atomic E-state index is 13.3. The molecule has 1 aliphatic rings. The molecule has 2 aromatic rings. The molecule has 28 heavy (non-hydrogen) atoms. The van der Waals surface area contributed by atoms with Crippen LogP contribution in [0, 0.1) is 12.3 Å². The number of aromatic nitrogens is 2. The van der Waals surface area contributed by atoms with E-state index in [1.807, 2.05) is 0 Å². The molecule has 1 N–H and O–H groups in total. The summed E-state index contributed by atoms with van der Waals surface area (Å²) in [7, 11) is 0. The van der Waals surface area contributed by atoms with Crippen LogP contribution in [0.25, 0.3) is 0 Å². The summed E-state index contributed by atoms with van der Waals surface area (Å²) in [6, 6.07) is 5.85. The van der Waals surface area contributed by atoms with Crippen LogP contribution in [0.15, 0.2) is 28.8 Å². The highest BCUT2D eigenvalue weighted by molar-refractivity contribution is 5.95. The van der Waals surface area contributed by atoms with Gasteiger partial charge in [-0.2, -0.15) is 18.2 Å². The van der Waals surface area contributed by atoms with E-state index in [1.165, 1.54) is 18.2 Å². The standard InChI is InChI=1S/C17H16F3N3O5/c1-10-21-13(22-28-10)8-27-12-4-2-3-11(7-12)14(24)23-6-5-16(9-23,15(25)26)17(18,19)20/h2-4,7H,5-6,8-9H2,1H3,(H,25,26). The van der Waals surface area contributed by atoms with Crippen molar-refractivity contribution in [1.82, 2.24) is 15.0 Å². The van der Waals surface area contributed by atoms with Crippen LogP contribution in [0.4, 0.5) is 13.2 Å². The van der Waals surface area contributed by atoms with Crippen molar-refractivity contribution in [3.05, 3.63) is 41.5 Å². The minimum absolute atomic E-state index is 0.0190. The second-order valence-corrected chi connectivity index (χ2v) is 6.41. The van der Waals surface area contributed by atoms with Gasteiger partial charge in [-0.1, -0.05) is 11.2 Å². The van der Waals surface area contributed by atoms with Gasteiger partial charge in [0.25, 0.3) is 5.91 Å². The Balaban J connectivity index is 1.72. The molecule has 1 aromatic carbocycles. The third-order valence-electron chi connectivity index (χ3n) is 4.53. The van der Waals surface area contributed by atoms with Crippen LogP contribution in [-0.4, -0.2) is 51.3 Å². The molecule has 1 saturated heterocycles. The second-order valence-electron chi connectivity index (χ2n) is 6.41. The molecule has 1 unspecified atom stereocenters. The predicted molar refractivity (Wildman–Crippen MR) is 86.5 cm³/mol. The van der Waals surface area contributed by atoms with E-state index in [2.05, 4.69) is 10.1 Å². The lowest BCUT2D eigenvalue weighted by molar-refractivity contribution is -0.227. The number of benzene rings is 1. The molecule has 0 aliphatic carbocycles. The third kappa shape index (κ3) is 3.64. The number of alkyl halides is 3. The number of halogens is 3. The van der Waals surface area contributed by atoms with Gasteiger partial charge in [-0.15, -0.1) is 0 Å². The number of amides is 1. The van der Waals surface area contributed by atoms with E-state index in [1.54, 1.807) is 13.0 Å². The number of carboxylic acid groups (broad SMARTS) is 1. The van der Waals surface area contributed by atoms with Gasteiger partial charge in [0.15, 0.2) is 12.0 Å². The minimum Gasteiger partial charge on any atom is -0.485 e. The Bertz CT molecular complexity index is 898. The van der Waals surface area contributed by atoms with Crippen molar-refractivity contribution in [3.63, 3.8) is 0 Å². The molecule has 0 spiro atoms. The molecule has 2 heterocycles. The number of aryl methyl sites for hydroxylation is 1. The van der Waals surface area contributed by atoms with E-state index in [9.17, 15) is 22.8 Å². The lowest BCUT2D eigenvalue weighted by Crippen LogP contribution is -2.47. The SMILES string of the molecule is Cc1nc(COc2cccc(C(=O)N3CCC(C(=O)O)(C(F)(F)F)C3)c2)no1. The quantitative estimate of drug-likeness (QED) is 0.823. The third-order valence-corrected chi connectivity index (χ3v) is 4.53. The summed E-state index contributed by atoms with van der Waals surface area (Å²) in [5.41, 5.74) is -2.86. The Labute approximate surface area is 156 Å². The Morgan fingerprint density at radius 1 is 1.39 bits per heavy atom. The lowest BCUT2D eigenvalue weighted by atomic mass is 9.86. The monoisotopic (exact) mass is 399 g/mol. The summed E-state index contributed by atoms with van der Waals surface area (Å²) < 4.78 is 50.1. The zero-order valence-electron chi connectivity index (χ0n) is 14.7. The van der Waals surface area contributed by atoms with Gasteiger partial charge in [-0.25, -0.2) is 0 Å². The first-order valence-electron chi connectivity index (χ1n) is 8.24. The Morgan fingerprint density at radius 2 is 2.14 bits per heavy atom. The van der Waals surface area contributed by atoms with E-state index in [4.69, 9.17) is 14.4 Å². The van der Waals surface area contributed by atoms with Crippen molar-refractivity contribution in [3.8, 4) is 5.75 Å². The molecule has 3 rings (SSSR count). The first kappa shape index (κ1) is 19.6. The fourth-order valence-electron chi connectivity index (χ4n) is 2.96. The summed E-state index contributed by atoms with van der Waals surface area (Å²) in [5.74, 6) is -1.74. The maximum Gasteiger partial charge on any atom is 0.406 e. The number of carboxylic acids is 1. The van der Waals surface area contributed by atoms with E-state index >= 15 is 0 Å². The van der Waals surface area contributed by atoms with E-state index in [-0.39, 0.29) is 24.5 Å². The van der Waals surface area contributed by atoms with Crippen LogP contribution in [0.5, 0.6) is 5.75 Å². The average Bonchev–Trinajstić information content (AvgIpc) is 3.26. The number of carbonyl (C=O) groups excluding carboxylic acids is 1. The molecule has 0 saturated carbocycles. The first-order chi connectivity index (χ1) is 13.1. The predicted octanol–water partition coefficient (Wildman–Crippen LogP) is 2.44. The summed E-state index contributed by atoms with van der Waals surface area (Å²) in [5, 5.41) is 12.8. The molecule has 1 amide bonds. The van der Waals surface area contributed by atoms with E-state index < -0.39 is 36.4 Å². The van der Waals surface area contributed by atoms with Crippen molar-refractivity contribution in [1.29, 1.82) is 0 Å². The molecule has 1 aromatic heterocycles. The molecular formula is C17H16F3N3O5. The van der Waals surface area contributed by atoms with Crippen molar-refractivity contribution < 1.29 is 37.1 Å². The molecule has 1 atom stereocenters. The zero-order valence-corrected chi connectivity index (χ0v) is 14.7. The number of hydrogen-bond donors (Lipinski definition) is 1. The zero-order chi connectivity index (χ0) is 20.5. The fourth-order valence-corrected chi connectivity index (χ4v) is 2.96. The van der Waals surface area contributed by atoms with E-state index in [0.29, 0.717) is 11.7 Å². The van der Waals surface area contributed by atoms with E-state index in [0.717, 1.165) is 4.90 Å². The van der Waals surface area contributed by atoms with Gasteiger partial charge in [0, 0.05) is 25.6 Å². The highest BCUT2D eigenvalue weighted by Crippen LogP contribution is 2.46. The van der Waals surface area contributed by atoms with Gasteiger partial charge in [-0.05, 0) is 24.6 Å². The highest BCUT2D eigenvalue weighted by atomic mass is 19.4. The number of likely N-dealkylation sites (tertiary alicyclic amines) is 1. The maximum atomic E-state index is 13.3. The molecule has 11 heteroatoms. The van der Waals surface area contributed by atoms with Crippen molar-refractivity contribution in [2.24, 2.45) is 5.41 Å². The van der Waals surface area contributed by atoms with Gasteiger partial charge >= 0.3 is 12.1 Å². The molecule has 8 nitrogen and oxygen atoms in total. The number of hydrogen-bond acceptors (Lipinski definition) is 6. The highest BCUT2D eigenvalue weighted by Gasteiger charge is 2.64. The molecule has 1 fully saturated rings.